The van der Waals surface area contributed by atoms with E-state index in [2.05, 4.69) is 0 Å². The summed E-state index contributed by atoms with van der Waals surface area (Å²) < 4.78 is 33.3. The number of hydrogen-bond donors (Lipinski definition) is 0. The summed E-state index contributed by atoms with van der Waals surface area (Å²) in [6, 6.07) is 9.50. The van der Waals surface area contributed by atoms with Gasteiger partial charge in [0.05, 0.1) is 12.2 Å². The summed E-state index contributed by atoms with van der Waals surface area (Å²) in [6.07, 6.45) is 2.01. The Bertz CT molecular complexity index is 679. The first-order valence-electron chi connectivity index (χ1n) is 7.82. The van der Waals surface area contributed by atoms with E-state index in [9.17, 15) is 13.6 Å². The van der Waals surface area contributed by atoms with Gasteiger partial charge in [0.1, 0.15) is 0 Å². The summed E-state index contributed by atoms with van der Waals surface area (Å²) in [4.78, 5) is 11.7. The first-order chi connectivity index (χ1) is 11.1. The highest BCUT2D eigenvalue weighted by Gasteiger charge is 2.15. The lowest BCUT2D eigenvalue weighted by Crippen LogP contribution is -2.05. The van der Waals surface area contributed by atoms with E-state index in [0.717, 1.165) is 12.8 Å². The number of halogens is 2. The molecule has 4 heteroatoms. The van der Waals surface area contributed by atoms with Crippen LogP contribution in [0.4, 0.5) is 8.78 Å². The van der Waals surface area contributed by atoms with Crippen LogP contribution in [-0.2, 0) is 11.2 Å². The van der Waals surface area contributed by atoms with Gasteiger partial charge in [0.15, 0.2) is 11.6 Å². The van der Waals surface area contributed by atoms with Crippen molar-refractivity contribution in [1.29, 1.82) is 0 Å². The minimum atomic E-state index is -0.850. The molecule has 2 aromatic carbocycles. The third-order valence-corrected chi connectivity index (χ3v) is 3.55. The van der Waals surface area contributed by atoms with E-state index in [1.807, 2.05) is 13.8 Å². The maximum Gasteiger partial charge on any atom is 0.338 e. The second-order valence-corrected chi connectivity index (χ2v) is 5.36. The van der Waals surface area contributed by atoms with Crippen molar-refractivity contribution in [2.45, 2.75) is 33.1 Å². The van der Waals surface area contributed by atoms with Crippen LogP contribution < -0.4 is 0 Å². The Balaban J connectivity index is 2.26. The molecule has 2 nitrogen and oxygen atoms in total. The zero-order chi connectivity index (χ0) is 16.8. The summed E-state index contributed by atoms with van der Waals surface area (Å²) in [5.41, 5.74) is 1.49. The summed E-state index contributed by atoms with van der Waals surface area (Å²) in [7, 11) is 0. The smallest absolute Gasteiger partial charge is 0.338 e. The van der Waals surface area contributed by atoms with Crippen molar-refractivity contribution >= 4 is 5.97 Å². The van der Waals surface area contributed by atoms with E-state index in [1.54, 1.807) is 36.4 Å². The van der Waals surface area contributed by atoms with Gasteiger partial charge in [0.2, 0.25) is 0 Å². The number of carbonyl (C=O) groups excluding carboxylic acids is 1. The van der Waals surface area contributed by atoms with Gasteiger partial charge in [-0.15, -0.1) is 0 Å². The van der Waals surface area contributed by atoms with Gasteiger partial charge in [0, 0.05) is 5.56 Å². The van der Waals surface area contributed by atoms with Crippen molar-refractivity contribution in [3.63, 3.8) is 0 Å². The Kier molecular flexibility index (Phi) is 5.85. The Hall–Kier alpha value is -2.23. The van der Waals surface area contributed by atoms with Crippen molar-refractivity contribution in [1.82, 2.24) is 0 Å². The molecule has 0 atom stereocenters. The molecule has 2 aromatic rings. The standard InChI is InChI=1S/C19H20F2O2/c1-3-5-14-10-11-16(18(21)17(14)20)13-6-8-15(9-7-13)19(22)23-12-4-2/h6-11H,3-5,12H2,1-2H3. The predicted molar refractivity (Wildman–Crippen MR) is 86.4 cm³/mol. The van der Waals surface area contributed by atoms with Gasteiger partial charge in [-0.3, -0.25) is 0 Å². The highest BCUT2D eigenvalue weighted by molar-refractivity contribution is 5.90. The molecule has 0 aliphatic rings. The van der Waals surface area contributed by atoms with E-state index in [4.69, 9.17) is 4.74 Å². The topological polar surface area (TPSA) is 26.3 Å². The van der Waals surface area contributed by atoms with Crippen LogP contribution in [0.5, 0.6) is 0 Å². The average Bonchev–Trinajstić information content (AvgIpc) is 2.57. The summed E-state index contributed by atoms with van der Waals surface area (Å²) in [6.45, 7) is 4.19. The van der Waals surface area contributed by atoms with Crippen molar-refractivity contribution in [3.05, 3.63) is 59.2 Å². The molecule has 0 aliphatic heterocycles. The highest BCUT2D eigenvalue weighted by atomic mass is 19.2. The van der Waals surface area contributed by atoms with Crippen LogP contribution in [0.1, 0.15) is 42.6 Å². The third kappa shape index (κ3) is 3.95. The Morgan fingerprint density at radius 1 is 0.957 bits per heavy atom. The monoisotopic (exact) mass is 318 g/mol. The molecule has 0 radical (unpaired) electrons. The average molecular weight is 318 g/mol. The number of hydrogen-bond acceptors (Lipinski definition) is 2. The van der Waals surface area contributed by atoms with Crippen LogP contribution in [0, 0.1) is 11.6 Å². The molecule has 0 unspecified atom stereocenters. The summed E-state index contributed by atoms with van der Waals surface area (Å²) in [5, 5.41) is 0. The van der Waals surface area contributed by atoms with E-state index in [0.29, 0.717) is 29.7 Å². The number of benzene rings is 2. The zero-order valence-corrected chi connectivity index (χ0v) is 13.4. The molecule has 0 fully saturated rings. The second-order valence-electron chi connectivity index (χ2n) is 5.36. The van der Waals surface area contributed by atoms with Crippen LogP contribution >= 0.6 is 0 Å². The third-order valence-electron chi connectivity index (χ3n) is 3.55. The van der Waals surface area contributed by atoms with Gasteiger partial charge in [-0.25, -0.2) is 13.6 Å². The van der Waals surface area contributed by atoms with E-state index in [1.165, 1.54) is 0 Å². The molecule has 0 heterocycles. The normalized spacial score (nSPS) is 10.6. The Morgan fingerprint density at radius 2 is 1.65 bits per heavy atom. The van der Waals surface area contributed by atoms with E-state index < -0.39 is 17.6 Å². The molecule has 23 heavy (non-hydrogen) atoms. The Labute approximate surface area is 135 Å². The maximum absolute atomic E-state index is 14.2. The Morgan fingerprint density at radius 3 is 2.26 bits per heavy atom. The zero-order valence-electron chi connectivity index (χ0n) is 13.4. The van der Waals surface area contributed by atoms with Crippen LogP contribution in [0.3, 0.4) is 0 Å². The largest absolute Gasteiger partial charge is 0.462 e. The molecule has 0 aliphatic carbocycles. The quantitative estimate of drug-likeness (QED) is 0.688. The van der Waals surface area contributed by atoms with Gasteiger partial charge in [-0.1, -0.05) is 44.5 Å². The molecule has 0 aromatic heterocycles. The fraction of sp³-hybridized carbons (Fsp3) is 0.316. The lowest BCUT2D eigenvalue weighted by Gasteiger charge is -2.09. The van der Waals surface area contributed by atoms with Crippen molar-refractivity contribution in [2.24, 2.45) is 0 Å². The number of esters is 1. The SMILES string of the molecule is CCCOC(=O)c1ccc(-c2ccc(CCC)c(F)c2F)cc1. The maximum atomic E-state index is 14.2. The molecule has 0 N–H and O–H groups in total. The fourth-order valence-electron chi connectivity index (χ4n) is 2.34. The molecule has 2 rings (SSSR count). The van der Waals surface area contributed by atoms with Gasteiger partial charge < -0.3 is 4.74 Å². The molecular weight excluding hydrogens is 298 g/mol. The van der Waals surface area contributed by atoms with Gasteiger partial charge in [-0.2, -0.15) is 0 Å². The lowest BCUT2D eigenvalue weighted by molar-refractivity contribution is 0.0505. The first kappa shape index (κ1) is 17.1. The lowest BCUT2D eigenvalue weighted by atomic mass is 10.00. The molecule has 0 amide bonds. The molecule has 0 bridgehead atoms. The van der Waals surface area contributed by atoms with Crippen LogP contribution in [-0.4, -0.2) is 12.6 Å². The minimum absolute atomic E-state index is 0.191. The molecule has 0 saturated carbocycles. The van der Waals surface area contributed by atoms with E-state index >= 15 is 0 Å². The number of rotatable bonds is 6. The fourth-order valence-corrected chi connectivity index (χ4v) is 2.34. The van der Waals surface area contributed by atoms with Gasteiger partial charge >= 0.3 is 5.97 Å². The van der Waals surface area contributed by atoms with Crippen molar-refractivity contribution in [3.8, 4) is 11.1 Å². The van der Waals surface area contributed by atoms with Crippen LogP contribution in [0.2, 0.25) is 0 Å². The molecule has 122 valence electrons. The second kappa shape index (κ2) is 7.86. The van der Waals surface area contributed by atoms with Crippen molar-refractivity contribution < 1.29 is 18.3 Å². The predicted octanol–water partition coefficient (Wildman–Crippen LogP) is 5.15. The number of ether oxygens (including phenoxy) is 1. The van der Waals surface area contributed by atoms with Crippen LogP contribution in [0.25, 0.3) is 11.1 Å². The number of aryl methyl sites for hydroxylation is 1. The highest BCUT2D eigenvalue weighted by Crippen LogP contribution is 2.27. The minimum Gasteiger partial charge on any atom is -0.462 e. The van der Waals surface area contributed by atoms with Crippen molar-refractivity contribution in [2.75, 3.05) is 6.61 Å². The first-order valence-corrected chi connectivity index (χ1v) is 7.82. The van der Waals surface area contributed by atoms with Gasteiger partial charge in [0.25, 0.3) is 0 Å². The summed E-state index contributed by atoms with van der Waals surface area (Å²) >= 11 is 0. The van der Waals surface area contributed by atoms with Gasteiger partial charge in [-0.05, 0) is 36.1 Å². The summed E-state index contributed by atoms with van der Waals surface area (Å²) in [5.74, 6) is -2.06. The van der Waals surface area contributed by atoms with E-state index in [-0.39, 0.29) is 5.56 Å². The molecular formula is C19H20F2O2. The molecule has 0 spiro atoms. The number of carbonyl (C=O) groups is 1. The molecule has 0 saturated heterocycles. The van der Waals surface area contributed by atoms with Crippen LogP contribution in [0.15, 0.2) is 36.4 Å².